The quantitative estimate of drug-likeness (QED) is 0.355. The van der Waals surface area contributed by atoms with E-state index in [0.29, 0.717) is 19.1 Å². The molecule has 0 spiro atoms. The Kier molecular flexibility index (Phi) is 8.56. The predicted molar refractivity (Wildman–Crippen MR) is 89.0 cm³/mol. The van der Waals surface area contributed by atoms with E-state index in [9.17, 15) is 0 Å². The number of oxime groups is 1. The molecule has 1 rings (SSSR count). The number of benzene rings is 1. The Morgan fingerprint density at radius 2 is 1.71 bits per heavy atom. The third-order valence-corrected chi connectivity index (χ3v) is 3.48. The minimum absolute atomic E-state index is 0.411. The minimum atomic E-state index is 0.411. The molecule has 0 amide bonds. The maximum Gasteiger partial charge on any atom is 0.151 e. The summed E-state index contributed by atoms with van der Waals surface area (Å²) in [6, 6.07) is 8.39. The van der Waals surface area contributed by atoms with Crippen molar-refractivity contribution >= 4 is 6.21 Å². The van der Waals surface area contributed by atoms with Crippen LogP contribution in [-0.2, 0) is 11.3 Å². The molecule has 0 radical (unpaired) electrons. The van der Waals surface area contributed by atoms with Gasteiger partial charge in [0.1, 0.15) is 12.4 Å². The van der Waals surface area contributed by atoms with Crippen LogP contribution in [-0.4, -0.2) is 19.4 Å². The molecule has 0 aromatic heterocycles. The Morgan fingerprint density at radius 1 is 1.05 bits per heavy atom. The molecule has 0 unspecified atom stereocenters. The van der Waals surface area contributed by atoms with E-state index < -0.39 is 0 Å². The molecule has 0 aliphatic carbocycles. The van der Waals surface area contributed by atoms with Gasteiger partial charge in [-0.2, -0.15) is 0 Å². The summed E-state index contributed by atoms with van der Waals surface area (Å²) in [6.45, 7) is 9.62. The molecule has 0 saturated heterocycles. The van der Waals surface area contributed by atoms with E-state index in [0.717, 1.165) is 18.1 Å². The highest BCUT2D eigenvalue weighted by Crippen LogP contribution is 2.18. The average molecular weight is 291 g/mol. The van der Waals surface area contributed by atoms with Crippen molar-refractivity contribution < 1.29 is 9.57 Å². The summed E-state index contributed by atoms with van der Waals surface area (Å²) in [5.74, 6) is 2.08. The van der Waals surface area contributed by atoms with Crippen LogP contribution < -0.4 is 4.74 Å². The van der Waals surface area contributed by atoms with Crippen molar-refractivity contribution in [3.8, 4) is 5.75 Å². The number of rotatable bonds is 10. The molecule has 0 N–H and O–H groups in total. The summed E-state index contributed by atoms with van der Waals surface area (Å²) < 4.78 is 5.63. The number of hydrogen-bond donors (Lipinski definition) is 0. The molecular weight excluding hydrogens is 262 g/mol. The van der Waals surface area contributed by atoms with E-state index in [-0.39, 0.29) is 0 Å². The molecule has 21 heavy (non-hydrogen) atoms. The molecule has 0 aliphatic rings. The molecule has 1 aromatic rings. The van der Waals surface area contributed by atoms with Gasteiger partial charge in [-0.1, -0.05) is 57.8 Å². The molecular formula is C18H29NO2. The zero-order valence-corrected chi connectivity index (χ0v) is 13.8. The molecule has 118 valence electrons. The highest BCUT2D eigenvalue weighted by atomic mass is 16.6. The van der Waals surface area contributed by atoms with Gasteiger partial charge >= 0.3 is 0 Å². The molecule has 3 nitrogen and oxygen atoms in total. The Morgan fingerprint density at radius 3 is 2.29 bits per heavy atom. The van der Waals surface area contributed by atoms with Gasteiger partial charge in [0.2, 0.25) is 0 Å². The van der Waals surface area contributed by atoms with Crippen LogP contribution in [0.5, 0.6) is 5.75 Å². The smallest absolute Gasteiger partial charge is 0.151 e. The summed E-state index contributed by atoms with van der Waals surface area (Å²) in [5.41, 5.74) is 1.38. The third kappa shape index (κ3) is 7.74. The summed E-state index contributed by atoms with van der Waals surface area (Å²) in [4.78, 5) is 5.12. The van der Waals surface area contributed by atoms with E-state index in [4.69, 9.17) is 9.57 Å². The first-order valence-corrected chi connectivity index (χ1v) is 8.02. The second kappa shape index (κ2) is 10.3. The first-order chi connectivity index (χ1) is 10.2. The van der Waals surface area contributed by atoms with Crippen LogP contribution in [0.3, 0.4) is 0 Å². The second-order valence-corrected chi connectivity index (χ2v) is 5.71. The summed E-state index contributed by atoms with van der Waals surface area (Å²) in [6.07, 6.45) is 5.42. The molecule has 3 heteroatoms. The molecule has 0 fully saturated rings. The van der Waals surface area contributed by atoms with Gasteiger partial charge in [0.05, 0.1) is 0 Å². The van der Waals surface area contributed by atoms with Gasteiger partial charge in [-0.15, -0.1) is 0 Å². The fourth-order valence-electron chi connectivity index (χ4n) is 2.05. The maximum atomic E-state index is 5.63. The number of ether oxygens (including phenoxy) is 1. The zero-order valence-electron chi connectivity index (χ0n) is 13.8. The van der Waals surface area contributed by atoms with Crippen LogP contribution in [0.1, 0.15) is 46.1 Å². The van der Waals surface area contributed by atoms with Crippen LogP contribution in [0.4, 0.5) is 0 Å². The maximum absolute atomic E-state index is 5.63. The molecule has 0 aliphatic heterocycles. The van der Waals surface area contributed by atoms with E-state index in [1.54, 1.807) is 6.21 Å². The fraction of sp³-hybridized carbons (Fsp3) is 0.611. The van der Waals surface area contributed by atoms with Gasteiger partial charge < -0.3 is 9.57 Å². The lowest BCUT2D eigenvalue weighted by atomic mass is 9.95. The predicted octanol–water partition coefficient (Wildman–Crippen LogP) is 4.70. The fourth-order valence-corrected chi connectivity index (χ4v) is 2.05. The van der Waals surface area contributed by atoms with Crippen molar-refractivity contribution in [3.05, 3.63) is 29.8 Å². The molecule has 1 aromatic carbocycles. The standard InChI is InChI=1S/C18H29NO2/c1-5-16(6-2)13-17-7-9-18(10-8-17)20-11-12-21-19-14-15(3)4/h7-10,14-16H,5-6,11-13H2,1-4H3/b19-14+. The van der Waals surface area contributed by atoms with E-state index in [1.807, 2.05) is 12.1 Å². The van der Waals surface area contributed by atoms with Crippen LogP contribution >= 0.6 is 0 Å². The monoisotopic (exact) mass is 291 g/mol. The topological polar surface area (TPSA) is 30.8 Å². The SMILES string of the molecule is CCC(CC)Cc1ccc(OCCO/N=C/C(C)C)cc1. The van der Waals surface area contributed by atoms with Crippen molar-refractivity contribution in [2.24, 2.45) is 17.0 Å². The van der Waals surface area contributed by atoms with Gasteiger partial charge in [-0.3, -0.25) is 0 Å². The highest BCUT2D eigenvalue weighted by Gasteiger charge is 2.05. The van der Waals surface area contributed by atoms with E-state index in [1.165, 1.54) is 18.4 Å². The molecule has 0 saturated carbocycles. The van der Waals surface area contributed by atoms with Crippen molar-refractivity contribution in [1.29, 1.82) is 0 Å². The lowest BCUT2D eigenvalue weighted by molar-refractivity contribution is 0.107. The lowest BCUT2D eigenvalue weighted by Crippen LogP contribution is -2.05. The lowest BCUT2D eigenvalue weighted by Gasteiger charge is -2.12. The Bertz CT molecular complexity index is 394. The average Bonchev–Trinajstić information content (AvgIpc) is 2.49. The molecule has 0 heterocycles. The first-order valence-electron chi connectivity index (χ1n) is 8.02. The highest BCUT2D eigenvalue weighted by molar-refractivity contribution is 5.58. The van der Waals surface area contributed by atoms with Gasteiger partial charge in [-0.25, -0.2) is 0 Å². The van der Waals surface area contributed by atoms with Crippen LogP contribution in [0.2, 0.25) is 0 Å². The largest absolute Gasteiger partial charge is 0.490 e. The normalized spacial score (nSPS) is 11.5. The van der Waals surface area contributed by atoms with Crippen molar-refractivity contribution in [3.63, 3.8) is 0 Å². The van der Waals surface area contributed by atoms with Gasteiger partial charge in [0.25, 0.3) is 0 Å². The Balaban J connectivity index is 2.28. The Hall–Kier alpha value is -1.51. The van der Waals surface area contributed by atoms with Crippen LogP contribution in [0.15, 0.2) is 29.4 Å². The summed E-state index contributed by atoms with van der Waals surface area (Å²) in [5, 5.41) is 3.86. The van der Waals surface area contributed by atoms with Crippen molar-refractivity contribution in [2.75, 3.05) is 13.2 Å². The third-order valence-electron chi connectivity index (χ3n) is 3.48. The van der Waals surface area contributed by atoms with Crippen LogP contribution in [0, 0.1) is 11.8 Å². The second-order valence-electron chi connectivity index (χ2n) is 5.71. The Labute approximate surface area is 129 Å². The number of nitrogens with zero attached hydrogens (tertiary/aromatic N) is 1. The van der Waals surface area contributed by atoms with Crippen molar-refractivity contribution in [2.45, 2.75) is 47.0 Å². The van der Waals surface area contributed by atoms with E-state index >= 15 is 0 Å². The van der Waals surface area contributed by atoms with Crippen molar-refractivity contribution in [1.82, 2.24) is 0 Å². The molecule has 0 atom stereocenters. The first kappa shape index (κ1) is 17.5. The van der Waals surface area contributed by atoms with E-state index in [2.05, 4.69) is 45.0 Å². The zero-order chi connectivity index (χ0) is 15.5. The summed E-state index contributed by atoms with van der Waals surface area (Å²) in [7, 11) is 0. The molecule has 0 bridgehead atoms. The van der Waals surface area contributed by atoms with Gasteiger partial charge in [-0.05, 0) is 36.0 Å². The van der Waals surface area contributed by atoms with Crippen LogP contribution in [0.25, 0.3) is 0 Å². The number of hydrogen-bond acceptors (Lipinski definition) is 3. The minimum Gasteiger partial charge on any atom is -0.490 e. The van der Waals surface area contributed by atoms with Gasteiger partial charge in [0.15, 0.2) is 6.61 Å². The van der Waals surface area contributed by atoms with Gasteiger partial charge in [0, 0.05) is 6.21 Å². The summed E-state index contributed by atoms with van der Waals surface area (Å²) >= 11 is 0.